The molecule has 100 valence electrons. The molecule has 0 fully saturated rings. The fraction of sp³-hybridized carbons (Fsp3) is 0.357. The molecule has 1 unspecified atom stereocenters. The van der Waals surface area contributed by atoms with E-state index in [1.54, 1.807) is 0 Å². The molecular weight excluding hydrogens is 278 g/mol. The Morgan fingerprint density at radius 3 is 3.21 bits per heavy atom. The summed E-state index contributed by atoms with van der Waals surface area (Å²) < 4.78 is 0.598. The van der Waals surface area contributed by atoms with Gasteiger partial charge in [-0.3, -0.25) is 0 Å². The molecule has 0 saturated carbocycles. The molecule has 2 aromatic rings. The van der Waals surface area contributed by atoms with E-state index in [1.165, 1.54) is 29.0 Å². The smallest absolute Gasteiger partial charge is 0.183 e. The zero-order chi connectivity index (χ0) is 13.2. The van der Waals surface area contributed by atoms with Crippen LogP contribution < -0.4 is 10.6 Å². The molecule has 1 aliphatic rings. The Labute approximate surface area is 122 Å². The number of anilines is 2. The first-order chi connectivity index (χ1) is 9.20. The second-order valence-corrected chi connectivity index (χ2v) is 6.59. The predicted octanol–water partition coefficient (Wildman–Crippen LogP) is 4.16. The number of benzene rings is 1. The van der Waals surface area contributed by atoms with Crippen molar-refractivity contribution in [3.8, 4) is 0 Å². The van der Waals surface area contributed by atoms with Crippen LogP contribution in [-0.4, -0.2) is 11.0 Å². The average Bonchev–Trinajstić information content (AvgIpc) is 2.82. The SMILES string of the molecule is CC1CCc2cc(NCc3cnc(Cl)s3)ccc2N1. The van der Waals surface area contributed by atoms with Gasteiger partial charge < -0.3 is 10.6 Å². The molecule has 1 aromatic heterocycles. The molecule has 1 aliphatic heterocycles. The Balaban J connectivity index is 1.69. The highest BCUT2D eigenvalue weighted by Gasteiger charge is 2.13. The highest BCUT2D eigenvalue weighted by Crippen LogP contribution is 2.28. The molecule has 5 heteroatoms. The van der Waals surface area contributed by atoms with Crippen molar-refractivity contribution in [3.05, 3.63) is 39.3 Å². The Kier molecular flexibility index (Phi) is 3.62. The van der Waals surface area contributed by atoms with Crippen LogP contribution in [0, 0.1) is 0 Å². The van der Waals surface area contributed by atoms with Crippen molar-refractivity contribution in [2.24, 2.45) is 0 Å². The van der Waals surface area contributed by atoms with E-state index in [4.69, 9.17) is 11.6 Å². The maximum atomic E-state index is 5.82. The van der Waals surface area contributed by atoms with Crippen LogP contribution in [0.2, 0.25) is 4.47 Å². The van der Waals surface area contributed by atoms with Gasteiger partial charge in [0.15, 0.2) is 4.47 Å². The summed E-state index contributed by atoms with van der Waals surface area (Å²) in [5.41, 5.74) is 3.81. The fourth-order valence-corrected chi connectivity index (χ4v) is 3.23. The summed E-state index contributed by atoms with van der Waals surface area (Å²) in [4.78, 5) is 5.19. The molecule has 3 nitrogen and oxygen atoms in total. The number of nitrogens with one attached hydrogen (secondary N) is 2. The summed E-state index contributed by atoms with van der Waals surface area (Å²) in [6.07, 6.45) is 4.16. The van der Waals surface area contributed by atoms with Crippen molar-refractivity contribution in [1.29, 1.82) is 0 Å². The molecule has 0 radical (unpaired) electrons. The van der Waals surface area contributed by atoms with Crippen molar-refractivity contribution in [3.63, 3.8) is 0 Å². The van der Waals surface area contributed by atoms with Crippen molar-refractivity contribution in [2.75, 3.05) is 10.6 Å². The molecule has 0 aliphatic carbocycles. The van der Waals surface area contributed by atoms with Gasteiger partial charge in [-0.15, -0.1) is 11.3 Å². The molecule has 2 N–H and O–H groups in total. The number of aryl methyl sites for hydroxylation is 1. The van der Waals surface area contributed by atoms with E-state index in [0.717, 1.165) is 23.5 Å². The van der Waals surface area contributed by atoms with E-state index >= 15 is 0 Å². The molecule has 1 aromatic carbocycles. The predicted molar refractivity (Wildman–Crippen MR) is 82.3 cm³/mol. The minimum absolute atomic E-state index is 0.575. The third-order valence-electron chi connectivity index (χ3n) is 3.35. The zero-order valence-corrected chi connectivity index (χ0v) is 12.3. The van der Waals surface area contributed by atoms with Crippen LogP contribution in [0.25, 0.3) is 0 Å². The second-order valence-electron chi connectivity index (χ2n) is 4.89. The number of rotatable bonds is 3. The Bertz CT molecular complexity index is 582. The van der Waals surface area contributed by atoms with Gasteiger partial charge in [-0.25, -0.2) is 4.98 Å². The van der Waals surface area contributed by atoms with E-state index in [0.29, 0.717) is 10.5 Å². The number of thiazole rings is 1. The van der Waals surface area contributed by atoms with Gasteiger partial charge in [0.2, 0.25) is 0 Å². The Hall–Kier alpha value is -1.26. The number of nitrogens with zero attached hydrogens (tertiary/aromatic N) is 1. The van der Waals surface area contributed by atoms with Crippen LogP contribution in [-0.2, 0) is 13.0 Å². The lowest BCUT2D eigenvalue weighted by Gasteiger charge is -2.24. The zero-order valence-electron chi connectivity index (χ0n) is 10.7. The summed E-state index contributed by atoms with van der Waals surface area (Å²) in [5.74, 6) is 0. The number of halogens is 1. The van der Waals surface area contributed by atoms with Crippen LogP contribution >= 0.6 is 22.9 Å². The van der Waals surface area contributed by atoms with Gasteiger partial charge in [0.05, 0.1) is 6.54 Å². The summed E-state index contributed by atoms with van der Waals surface area (Å²) in [5, 5.41) is 6.93. The van der Waals surface area contributed by atoms with Gasteiger partial charge in [-0.2, -0.15) is 0 Å². The quantitative estimate of drug-likeness (QED) is 0.892. The van der Waals surface area contributed by atoms with Gasteiger partial charge in [0.1, 0.15) is 0 Å². The molecule has 3 rings (SSSR count). The van der Waals surface area contributed by atoms with Gasteiger partial charge >= 0.3 is 0 Å². The standard InChI is InChI=1S/C14H16ClN3S/c1-9-2-3-10-6-11(4-5-13(10)18-9)16-7-12-8-17-14(15)19-12/h4-6,8-9,16,18H,2-3,7H2,1H3. The van der Waals surface area contributed by atoms with Crippen molar-refractivity contribution >= 4 is 34.3 Å². The van der Waals surface area contributed by atoms with Crippen molar-refractivity contribution in [2.45, 2.75) is 32.4 Å². The van der Waals surface area contributed by atoms with Crippen LogP contribution in [0.4, 0.5) is 11.4 Å². The Morgan fingerprint density at radius 2 is 2.42 bits per heavy atom. The minimum Gasteiger partial charge on any atom is -0.382 e. The molecular formula is C14H16ClN3S. The van der Waals surface area contributed by atoms with E-state index in [2.05, 4.69) is 40.7 Å². The number of aromatic nitrogens is 1. The normalized spacial score (nSPS) is 17.7. The second kappa shape index (κ2) is 5.39. The third kappa shape index (κ3) is 3.01. The summed E-state index contributed by atoms with van der Waals surface area (Å²) >= 11 is 7.34. The van der Waals surface area contributed by atoms with E-state index < -0.39 is 0 Å². The van der Waals surface area contributed by atoms with Gasteiger partial charge in [0, 0.05) is 28.5 Å². The summed E-state index contributed by atoms with van der Waals surface area (Å²) in [6.45, 7) is 3.00. The maximum Gasteiger partial charge on any atom is 0.183 e. The van der Waals surface area contributed by atoms with Crippen LogP contribution in [0.5, 0.6) is 0 Å². The topological polar surface area (TPSA) is 37.0 Å². The number of hydrogen-bond acceptors (Lipinski definition) is 4. The first-order valence-electron chi connectivity index (χ1n) is 6.44. The lowest BCUT2D eigenvalue weighted by atomic mass is 9.98. The average molecular weight is 294 g/mol. The van der Waals surface area contributed by atoms with Crippen molar-refractivity contribution in [1.82, 2.24) is 4.98 Å². The minimum atomic E-state index is 0.575. The molecule has 0 saturated heterocycles. The first kappa shape index (κ1) is 12.8. The van der Waals surface area contributed by atoms with Crippen LogP contribution in [0.3, 0.4) is 0 Å². The van der Waals surface area contributed by atoms with Gasteiger partial charge in [-0.1, -0.05) is 11.6 Å². The maximum absolute atomic E-state index is 5.82. The number of fused-ring (bicyclic) bond motifs is 1. The van der Waals surface area contributed by atoms with Crippen LogP contribution in [0.1, 0.15) is 23.8 Å². The molecule has 19 heavy (non-hydrogen) atoms. The molecule has 0 bridgehead atoms. The van der Waals surface area contributed by atoms with Crippen LogP contribution in [0.15, 0.2) is 24.4 Å². The lowest BCUT2D eigenvalue weighted by Crippen LogP contribution is -2.21. The van der Waals surface area contributed by atoms with Gasteiger partial charge in [0.25, 0.3) is 0 Å². The third-order valence-corrected chi connectivity index (χ3v) is 4.46. The molecule has 2 heterocycles. The molecule has 0 amide bonds. The van der Waals surface area contributed by atoms with Gasteiger partial charge in [-0.05, 0) is 43.5 Å². The van der Waals surface area contributed by atoms with Crippen molar-refractivity contribution < 1.29 is 0 Å². The first-order valence-corrected chi connectivity index (χ1v) is 7.64. The number of hydrogen-bond donors (Lipinski definition) is 2. The highest BCUT2D eigenvalue weighted by molar-refractivity contribution is 7.15. The van der Waals surface area contributed by atoms with E-state index in [9.17, 15) is 0 Å². The largest absolute Gasteiger partial charge is 0.382 e. The molecule has 0 spiro atoms. The summed E-state index contributed by atoms with van der Waals surface area (Å²) in [6, 6.07) is 7.08. The lowest BCUT2D eigenvalue weighted by molar-refractivity contribution is 0.681. The highest BCUT2D eigenvalue weighted by atomic mass is 35.5. The monoisotopic (exact) mass is 293 g/mol. The fourth-order valence-electron chi connectivity index (χ4n) is 2.32. The Morgan fingerprint density at radius 1 is 1.53 bits per heavy atom. The van der Waals surface area contributed by atoms with E-state index in [1.807, 2.05) is 6.20 Å². The summed E-state index contributed by atoms with van der Waals surface area (Å²) in [7, 11) is 0. The molecule has 1 atom stereocenters. The van der Waals surface area contributed by atoms with E-state index in [-0.39, 0.29) is 0 Å².